The van der Waals surface area contributed by atoms with Crippen LogP contribution in [0.4, 0.5) is 9.59 Å². The van der Waals surface area contributed by atoms with Gasteiger partial charge in [-0.15, -0.1) is 0 Å². The maximum Gasteiger partial charge on any atom is 0.410 e. The van der Waals surface area contributed by atoms with Crippen molar-refractivity contribution < 1.29 is 23.9 Å². The zero-order chi connectivity index (χ0) is 21.3. The van der Waals surface area contributed by atoms with E-state index >= 15 is 0 Å². The highest BCUT2D eigenvalue weighted by molar-refractivity contribution is 5.82. The van der Waals surface area contributed by atoms with E-state index in [1.54, 1.807) is 4.90 Å². The van der Waals surface area contributed by atoms with Gasteiger partial charge in [0, 0.05) is 13.1 Å². The highest BCUT2D eigenvalue weighted by Crippen LogP contribution is 2.20. The molecule has 1 aliphatic heterocycles. The van der Waals surface area contributed by atoms with E-state index in [1.165, 1.54) is 0 Å². The molecule has 1 fully saturated rings. The summed E-state index contributed by atoms with van der Waals surface area (Å²) < 4.78 is 10.5. The van der Waals surface area contributed by atoms with Gasteiger partial charge in [0.2, 0.25) is 5.91 Å². The van der Waals surface area contributed by atoms with E-state index in [0.717, 1.165) is 24.8 Å². The molecule has 29 heavy (non-hydrogen) atoms. The molecule has 1 aromatic carbocycles. The Hall–Kier alpha value is -2.77. The third-order valence-corrected chi connectivity index (χ3v) is 4.40. The normalized spacial score (nSPS) is 16.7. The Morgan fingerprint density at radius 1 is 1.10 bits per heavy atom. The molecule has 0 saturated carbocycles. The fourth-order valence-electron chi connectivity index (χ4n) is 2.99. The molecule has 3 amide bonds. The van der Waals surface area contributed by atoms with Crippen LogP contribution in [0.25, 0.3) is 0 Å². The third kappa shape index (κ3) is 8.41. The number of hydrogen-bond acceptors (Lipinski definition) is 5. The highest BCUT2D eigenvalue weighted by atomic mass is 16.6. The van der Waals surface area contributed by atoms with Crippen LogP contribution in [-0.2, 0) is 20.9 Å². The topological polar surface area (TPSA) is 97.0 Å². The van der Waals surface area contributed by atoms with Gasteiger partial charge in [0.1, 0.15) is 12.2 Å². The average Bonchev–Trinajstić information content (AvgIpc) is 2.69. The number of alkyl carbamates (subject to hydrolysis) is 1. The number of ether oxygens (including phenoxy) is 2. The number of carbonyl (C=O) groups excluding carboxylic acids is 3. The first kappa shape index (κ1) is 22.5. The van der Waals surface area contributed by atoms with Crippen molar-refractivity contribution in [1.29, 1.82) is 0 Å². The van der Waals surface area contributed by atoms with Crippen LogP contribution in [0, 0.1) is 0 Å². The summed E-state index contributed by atoms with van der Waals surface area (Å²) in [6, 6.07) is 9.17. The number of rotatable bonds is 6. The number of likely N-dealkylation sites (tertiary alicyclic amines) is 1. The Kier molecular flexibility index (Phi) is 8.30. The van der Waals surface area contributed by atoms with Gasteiger partial charge in [-0.1, -0.05) is 30.3 Å². The molecule has 2 rings (SSSR count). The molecule has 1 atom stereocenters. The number of benzene rings is 1. The second-order valence-electron chi connectivity index (χ2n) is 8.04. The van der Waals surface area contributed by atoms with E-state index in [1.807, 2.05) is 51.1 Å². The lowest BCUT2D eigenvalue weighted by atomic mass is 10.0. The monoisotopic (exact) mass is 405 g/mol. The Balaban J connectivity index is 1.71. The smallest absolute Gasteiger partial charge is 0.410 e. The van der Waals surface area contributed by atoms with Gasteiger partial charge in [-0.05, 0) is 45.6 Å². The summed E-state index contributed by atoms with van der Waals surface area (Å²) in [6.45, 7) is 6.36. The van der Waals surface area contributed by atoms with Crippen molar-refractivity contribution in [2.24, 2.45) is 0 Å². The van der Waals surface area contributed by atoms with Gasteiger partial charge in [0.15, 0.2) is 0 Å². The van der Waals surface area contributed by atoms with Crippen LogP contribution in [0.5, 0.6) is 0 Å². The van der Waals surface area contributed by atoms with E-state index in [4.69, 9.17) is 9.47 Å². The summed E-state index contributed by atoms with van der Waals surface area (Å²) in [6.07, 6.45) is 1.69. The van der Waals surface area contributed by atoms with Crippen LogP contribution >= 0.6 is 0 Å². The van der Waals surface area contributed by atoms with E-state index < -0.39 is 11.7 Å². The lowest BCUT2D eigenvalue weighted by Crippen LogP contribution is -2.51. The van der Waals surface area contributed by atoms with Crippen molar-refractivity contribution >= 4 is 18.1 Å². The first-order valence-electron chi connectivity index (χ1n) is 9.95. The molecule has 2 N–H and O–H groups in total. The fourth-order valence-corrected chi connectivity index (χ4v) is 2.99. The number of nitrogens with zero attached hydrogens (tertiary/aromatic N) is 1. The number of piperidine rings is 1. The first-order chi connectivity index (χ1) is 13.7. The minimum absolute atomic E-state index is 0.118. The molecule has 0 aliphatic carbocycles. The maximum absolute atomic E-state index is 12.4. The van der Waals surface area contributed by atoms with Gasteiger partial charge in [-0.2, -0.15) is 0 Å². The Morgan fingerprint density at radius 2 is 1.83 bits per heavy atom. The van der Waals surface area contributed by atoms with Crippen molar-refractivity contribution in [3.8, 4) is 0 Å². The van der Waals surface area contributed by atoms with E-state index in [0.29, 0.717) is 13.1 Å². The molecule has 1 unspecified atom stereocenters. The SMILES string of the molecule is CC(C)(C)OC(=O)N1CCCCC1CNC(=O)CNC(=O)OCc1ccccc1. The van der Waals surface area contributed by atoms with E-state index in [2.05, 4.69) is 10.6 Å². The van der Waals surface area contributed by atoms with Crippen molar-refractivity contribution in [2.45, 2.75) is 58.3 Å². The van der Waals surface area contributed by atoms with Crippen LogP contribution in [0.15, 0.2) is 30.3 Å². The number of carbonyl (C=O) groups is 3. The van der Waals surface area contributed by atoms with Gasteiger partial charge in [-0.25, -0.2) is 9.59 Å². The van der Waals surface area contributed by atoms with Crippen molar-refractivity contribution in [2.75, 3.05) is 19.6 Å². The van der Waals surface area contributed by atoms with Crippen molar-refractivity contribution in [3.05, 3.63) is 35.9 Å². The molecule has 0 aromatic heterocycles. The van der Waals surface area contributed by atoms with E-state index in [9.17, 15) is 14.4 Å². The molecule has 160 valence electrons. The molecular formula is C21H31N3O5. The van der Waals surface area contributed by atoms with Crippen LogP contribution < -0.4 is 10.6 Å². The Labute approximate surface area is 171 Å². The maximum atomic E-state index is 12.4. The van der Waals surface area contributed by atoms with Gasteiger partial charge >= 0.3 is 12.2 Å². The minimum Gasteiger partial charge on any atom is -0.445 e. The molecule has 8 nitrogen and oxygen atoms in total. The Morgan fingerprint density at radius 3 is 2.52 bits per heavy atom. The summed E-state index contributed by atoms with van der Waals surface area (Å²) in [4.78, 5) is 37.8. The quantitative estimate of drug-likeness (QED) is 0.759. The minimum atomic E-state index is -0.656. The van der Waals surface area contributed by atoms with Crippen LogP contribution in [0.1, 0.15) is 45.6 Å². The standard InChI is InChI=1S/C21H31N3O5/c1-21(2,3)29-20(27)24-12-8-7-11-17(24)13-22-18(25)14-23-19(26)28-15-16-9-5-4-6-10-16/h4-6,9-10,17H,7-8,11-15H2,1-3H3,(H,22,25)(H,23,26). The van der Waals surface area contributed by atoms with E-state index in [-0.39, 0.29) is 31.2 Å². The highest BCUT2D eigenvalue weighted by Gasteiger charge is 2.30. The zero-order valence-corrected chi connectivity index (χ0v) is 17.4. The predicted molar refractivity (Wildman–Crippen MR) is 108 cm³/mol. The molecule has 8 heteroatoms. The lowest BCUT2D eigenvalue weighted by molar-refractivity contribution is -0.120. The largest absolute Gasteiger partial charge is 0.445 e. The molecular weight excluding hydrogens is 374 g/mol. The second-order valence-corrected chi connectivity index (χ2v) is 8.04. The summed E-state index contributed by atoms with van der Waals surface area (Å²) in [5.74, 6) is -0.337. The van der Waals surface area contributed by atoms with Crippen LogP contribution in [-0.4, -0.2) is 54.3 Å². The van der Waals surface area contributed by atoms with Gasteiger partial charge in [0.25, 0.3) is 0 Å². The average molecular weight is 405 g/mol. The van der Waals surface area contributed by atoms with Crippen LogP contribution in [0.3, 0.4) is 0 Å². The number of hydrogen-bond donors (Lipinski definition) is 2. The molecule has 0 radical (unpaired) electrons. The summed E-state index contributed by atoms with van der Waals surface area (Å²) in [5, 5.41) is 5.20. The van der Waals surface area contributed by atoms with Gasteiger partial charge in [-0.3, -0.25) is 4.79 Å². The predicted octanol–water partition coefficient (Wildman–Crippen LogP) is 2.82. The molecule has 1 heterocycles. The van der Waals surface area contributed by atoms with Crippen molar-refractivity contribution in [1.82, 2.24) is 15.5 Å². The molecule has 0 spiro atoms. The van der Waals surface area contributed by atoms with Gasteiger partial charge in [0.05, 0.1) is 12.6 Å². The second kappa shape index (κ2) is 10.7. The lowest BCUT2D eigenvalue weighted by Gasteiger charge is -2.36. The van der Waals surface area contributed by atoms with Crippen LogP contribution in [0.2, 0.25) is 0 Å². The van der Waals surface area contributed by atoms with Crippen molar-refractivity contribution in [3.63, 3.8) is 0 Å². The van der Waals surface area contributed by atoms with Gasteiger partial charge < -0.3 is 25.0 Å². The molecule has 1 aromatic rings. The zero-order valence-electron chi connectivity index (χ0n) is 17.4. The first-order valence-corrected chi connectivity index (χ1v) is 9.95. The number of amides is 3. The Bertz CT molecular complexity index is 687. The molecule has 0 bridgehead atoms. The molecule has 1 saturated heterocycles. The fraction of sp³-hybridized carbons (Fsp3) is 0.571. The summed E-state index contributed by atoms with van der Waals surface area (Å²) in [7, 11) is 0. The number of nitrogens with one attached hydrogen (secondary N) is 2. The summed E-state index contributed by atoms with van der Waals surface area (Å²) >= 11 is 0. The summed E-state index contributed by atoms with van der Waals surface area (Å²) in [5.41, 5.74) is 0.304. The molecule has 1 aliphatic rings. The third-order valence-electron chi connectivity index (χ3n) is 4.40.